The van der Waals surface area contributed by atoms with E-state index in [0.717, 1.165) is 17.7 Å². The Labute approximate surface area is 208 Å². The third-order valence-corrected chi connectivity index (χ3v) is 7.70. The number of hydrogen-bond donors (Lipinski definition) is 0. The summed E-state index contributed by atoms with van der Waals surface area (Å²) in [6.45, 7) is 3.28. The summed E-state index contributed by atoms with van der Waals surface area (Å²) in [5.41, 5.74) is 1.77. The van der Waals surface area contributed by atoms with E-state index in [1.165, 1.54) is 28.6 Å². The predicted molar refractivity (Wildman–Crippen MR) is 131 cm³/mol. The van der Waals surface area contributed by atoms with Crippen molar-refractivity contribution in [1.29, 1.82) is 0 Å². The van der Waals surface area contributed by atoms with Crippen molar-refractivity contribution in [3.63, 3.8) is 0 Å². The predicted octanol–water partition coefficient (Wildman–Crippen LogP) is 5.63. The number of sulfonamides is 1. The van der Waals surface area contributed by atoms with Gasteiger partial charge in [-0.15, -0.1) is 0 Å². The van der Waals surface area contributed by atoms with Crippen molar-refractivity contribution in [2.45, 2.75) is 31.7 Å². The van der Waals surface area contributed by atoms with E-state index in [9.17, 15) is 22.0 Å². The number of carbonyl (C=O) groups is 1. The molecule has 1 aromatic heterocycles. The highest BCUT2D eigenvalue weighted by molar-refractivity contribution is 7.89. The van der Waals surface area contributed by atoms with Crippen LogP contribution in [0.1, 0.15) is 34.2 Å². The van der Waals surface area contributed by atoms with Gasteiger partial charge >= 0.3 is 5.97 Å². The van der Waals surface area contributed by atoms with Crippen LogP contribution in [0.5, 0.6) is 0 Å². The average Bonchev–Trinajstić information content (AvgIpc) is 3.19. The van der Waals surface area contributed by atoms with E-state index in [-0.39, 0.29) is 35.9 Å². The highest BCUT2D eigenvalue weighted by Crippen LogP contribution is 2.30. The molecule has 0 aliphatic rings. The lowest BCUT2D eigenvalue weighted by atomic mass is 10.1. The van der Waals surface area contributed by atoms with Crippen molar-refractivity contribution in [3.05, 3.63) is 101 Å². The molecule has 0 unspecified atom stereocenters. The minimum absolute atomic E-state index is 0.00992. The van der Waals surface area contributed by atoms with Crippen LogP contribution in [-0.2, 0) is 27.7 Å². The topological polar surface area (TPSA) is 76.8 Å². The lowest BCUT2D eigenvalue weighted by Crippen LogP contribution is -2.33. The molecule has 0 bridgehead atoms. The van der Waals surface area contributed by atoms with Crippen molar-refractivity contribution in [2.75, 3.05) is 13.2 Å². The monoisotopic (exact) mass is 513 g/mol. The van der Waals surface area contributed by atoms with Crippen LogP contribution < -0.4 is 0 Å². The number of hydrogen-bond acceptors (Lipinski definition) is 5. The van der Waals surface area contributed by atoms with Gasteiger partial charge in [0, 0.05) is 35.7 Å². The second-order valence-electron chi connectivity index (χ2n) is 8.24. The molecule has 9 heteroatoms. The highest BCUT2D eigenvalue weighted by Gasteiger charge is 2.27. The molecule has 188 valence electrons. The second-order valence-corrected chi connectivity index (χ2v) is 10.2. The molecule has 0 atom stereocenters. The number of rotatable bonds is 9. The van der Waals surface area contributed by atoms with Crippen LogP contribution in [0.2, 0.25) is 0 Å². The summed E-state index contributed by atoms with van der Waals surface area (Å²) in [7, 11) is -4.11. The Morgan fingerprint density at radius 2 is 1.78 bits per heavy atom. The Balaban J connectivity index is 1.72. The van der Waals surface area contributed by atoms with E-state index in [1.54, 1.807) is 13.8 Å². The molecule has 0 aliphatic carbocycles. The van der Waals surface area contributed by atoms with Crippen molar-refractivity contribution >= 4 is 27.0 Å². The Bertz CT molecular complexity index is 1500. The quantitative estimate of drug-likeness (QED) is 0.271. The van der Waals surface area contributed by atoms with E-state index in [4.69, 9.17) is 9.15 Å². The van der Waals surface area contributed by atoms with Crippen LogP contribution in [-0.4, -0.2) is 31.8 Å². The second kappa shape index (κ2) is 10.6. The van der Waals surface area contributed by atoms with E-state index in [2.05, 4.69) is 0 Å². The molecule has 0 saturated heterocycles. The molecule has 0 saturated carbocycles. The van der Waals surface area contributed by atoms with Crippen LogP contribution in [0.25, 0.3) is 11.0 Å². The largest absolute Gasteiger partial charge is 0.460 e. The Hall–Kier alpha value is -3.56. The zero-order chi connectivity index (χ0) is 25.9. The Kier molecular flexibility index (Phi) is 7.51. The van der Waals surface area contributed by atoms with Crippen molar-refractivity contribution in [2.24, 2.45) is 0 Å². The molecule has 0 amide bonds. The fourth-order valence-electron chi connectivity index (χ4n) is 3.92. The summed E-state index contributed by atoms with van der Waals surface area (Å²) < 4.78 is 67.1. The number of aryl methyl sites for hydroxylation is 1. The van der Waals surface area contributed by atoms with E-state index >= 15 is 0 Å². The first kappa shape index (κ1) is 25.5. The maximum atomic E-state index is 14.4. The van der Waals surface area contributed by atoms with Gasteiger partial charge in [-0.05, 0) is 50.1 Å². The third-order valence-electron chi connectivity index (χ3n) is 5.86. The molecule has 0 aliphatic heterocycles. The molecule has 0 radical (unpaired) electrons. The van der Waals surface area contributed by atoms with E-state index in [0.29, 0.717) is 23.0 Å². The summed E-state index contributed by atoms with van der Waals surface area (Å²) in [6, 6.07) is 16.7. The molecule has 1 heterocycles. The average molecular weight is 514 g/mol. The van der Waals surface area contributed by atoms with Crippen LogP contribution in [0.15, 0.2) is 76.0 Å². The van der Waals surface area contributed by atoms with Crippen LogP contribution in [0, 0.1) is 18.6 Å². The summed E-state index contributed by atoms with van der Waals surface area (Å²) >= 11 is 0. The smallest absolute Gasteiger partial charge is 0.374 e. The molecule has 36 heavy (non-hydrogen) atoms. The van der Waals surface area contributed by atoms with Gasteiger partial charge in [-0.25, -0.2) is 22.0 Å². The Morgan fingerprint density at radius 3 is 2.47 bits per heavy atom. The fourth-order valence-corrected chi connectivity index (χ4v) is 5.37. The maximum Gasteiger partial charge on any atom is 0.374 e. The van der Waals surface area contributed by atoms with Gasteiger partial charge in [0.2, 0.25) is 15.8 Å². The number of benzene rings is 3. The van der Waals surface area contributed by atoms with Gasteiger partial charge in [0.05, 0.1) is 11.5 Å². The van der Waals surface area contributed by atoms with Gasteiger partial charge in [-0.2, -0.15) is 4.31 Å². The maximum absolute atomic E-state index is 14.4. The fraction of sp³-hybridized carbons (Fsp3) is 0.222. The first-order valence-electron chi connectivity index (χ1n) is 11.4. The molecule has 0 N–H and O–H groups in total. The lowest BCUT2D eigenvalue weighted by molar-refractivity contribution is 0.0491. The lowest BCUT2D eigenvalue weighted by Gasteiger charge is -2.23. The number of furan rings is 1. The number of esters is 1. The standard InChI is InChI=1S/C27H25F2NO5S/c1-3-34-27(31)26-18(2)23-16-22(11-12-25(23)35-26)36(32,33)30(14-13-19-7-5-4-6-8-19)17-20-9-10-21(28)15-24(20)29/h4-12,15-16H,3,13-14,17H2,1-2H3. The summed E-state index contributed by atoms with van der Waals surface area (Å²) in [6.07, 6.45) is 0.392. The van der Waals surface area contributed by atoms with Gasteiger partial charge in [-0.1, -0.05) is 36.4 Å². The number of nitrogens with zero attached hydrogens (tertiary/aromatic N) is 1. The molecule has 3 aromatic carbocycles. The highest BCUT2D eigenvalue weighted by atomic mass is 32.2. The van der Waals surface area contributed by atoms with Gasteiger partial charge in [-0.3, -0.25) is 0 Å². The minimum Gasteiger partial charge on any atom is -0.460 e. The first-order chi connectivity index (χ1) is 17.2. The third kappa shape index (κ3) is 5.32. The first-order valence-corrected chi connectivity index (χ1v) is 12.8. The summed E-state index contributed by atoms with van der Waals surface area (Å²) in [4.78, 5) is 12.2. The van der Waals surface area contributed by atoms with Gasteiger partial charge in [0.25, 0.3) is 0 Å². The number of carbonyl (C=O) groups excluding carboxylic acids is 1. The SMILES string of the molecule is CCOC(=O)c1oc2ccc(S(=O)(=O)N(CCc3ccccc3)Cc3ccc(F)cc3F)cc2c1C. The molecule has 4 rings (SSSR count). The zero-order valence-corrected chi connectivity index (χ0v) is 20.6. The molecule has 4 aromatic rings. The molecular formula is C27H25F2NO5S. The van der Waals surface area contributed by atoms with Gasteiger partial charge in [0.15, 0.2) is 0 Å². The summed E-state index contributed by atoms with van der Waals surface area (Å²) in [5, 5.41) is 0.454. The van der Waals surface area contributed by atoms with Crippen molar-refractivity contribution in [3.8, 4) is 0 Å². The normalized spacial score (nSPS) is 11.8. The summed E-state index contributed by atoms with van der Waals surface area (Å²) in [5.74, 6) is -2.19. The number of fused-ring (bicyclic) bond motifs is 1. The van der Waals surface area contributed by atoms with Gasteiger partial charge < -0.3 is 9.15 Å². The number of halogens is 2. The zero-order valence-electron chi connectivity index (χ0n) is 19.8. The molecular weight excluding hydrogens is 488 g/mol. The molecule has 0 spiro atoms. The van der Waals surface area contributed by atoms with E-state index < -0.39 is 27.6 Å². The van der Waals surface area contributed by atoms with Crippen molar-refractivity contribution < 1.29 is 31.1 Å². The van der Waals surface area contributed by atoms with E-state index in [1.807, 2.05) is 30.3 Å². The van der Waals surface area contributed by atoms with Crippen LogP contribution in [0.4, 0.5) is 8.78 Å². The minimum atomic E-state index is -4.11. The van der Waals surface area contributed by atoms with Crippen LogP contribution in [0.3, 0.4) is 0 Å². The Morgan fingerprint density at radius 1 is 1.03 bits per heavy atom. The number of ether oxygens (including phenoxy) is 1. The molecule has 6 nitrogen and oxygen atoms in total. The molecule has 0 fully saturated rings. The van der Waals surface area contributed by atoms with Crippen molar-refractivity contribution in [1.82, 2.24) is 4.31 Å². The van der Waals surface area contributed by atoms with Crippen LogP contribution >= 0.6 is 0 Å². The van der Waals surface area contributed by atoms with Gasteiger partial charge in [0.1, 0.15) is 17.2 Å².